The van der Waals surface area contributed by atoms with E-state index < -0.39 is 22.9 Å². The minimum Gasteiger partial charge on any atom is -0.453 e. The van der Waals surface area contributed by atoms with Crippen LogP contribution in [-0.2, 0) is 11.3 Å². The van der Waals surface area contributed by atoms with Crippen LogP contribution in [0.15, 0.2) is 48.9 Å². The molecule has 1 fully saturated rings. The lowest BCUT2D eigenvalue weighted by Gasteiger charge is -2.34. The van der Waals surface area contributed by atoms with Gasteiger partial charge in [-0.3, -0.25) is 9.67 Å². The normalized spacial score (nSPS) is 19.1. The van der Waals surface area contributed by atoms with Crippen LogP contribution >= 0.6 is 0 Å². The second-order valence-electron chi connectivity index (χ2n) is 12.6. The third-order valence-corrected chi connectivity index (χ3v) is 8.05. The zero-order valence-electron chi connectivity index (χ0n) is 24.5. The van der Waals surface area contributed by atoms with Crippen LogP contribution < -0.4 is 4.74 Å². The Morgan fingerprint density at radius 3 is 2.51 bits per heavy atom. The summed E-state index contributed by atoms with van der Waals surface area (Å²) < 4.78 is 56.6. The smallest absolute Gasteiger partial charge is 0.248 e. The number of aryl methyl sites for hydroxylation is 1. The summed E-state index contributed by atoms with van der Waals surface area (Å²) in [5.41, 5.74) is 3.42. The van der Waals surface area contributed by atoms with Crippen molar-refractivity contribution in [2.24, 2.45) is 5.92 Å². The molecule has 1 aliphatic heterocycles. The highest BCUT2D eigenvalue weighted by Crippen LogP contribution is 2.48. The summed E-state index contributed by atoms with van der Waals surface area (Å²) in [6.45, 7) is 10.1. The average Bonchev–Trinajstić information content (AvgIpc) is 3.58. The molecule has 222 valence electrons. The van der Waals surface area contributed by atoms with Gasteiger partial charge in [0.05, 0.1) is 45.9 Å². The molecule has 43 heavy (non-hydrogen) atoms. The van der Waals surface area contributed by atoms with Gasteiger partial charge in [0.2, 0.25) is 5.92 Å². The molecule has 1 N–H and O–H groups in total. The summed E-state index contributed by atoms with van der Waals surface area (Å²) in [6.07, 6.45) is 6.91. The molecule has 8 nitrogen and oxygen atoms in total. The zero-order valence-corrected chi connectivity index (χ0v) is 24.5. The van der Waals surface area contributed by atoms with Crippen LogP contribution in [0.3, 0.4) is 0 Å². The molecule has 4 heterocycles. The van der Waals surface area contributed by atoms with Crippen molar-refractivity contribution in [3.63, 3.8) is 0 Å². The van der Waals surface area contributed by atoms with Gasteiger partial charge in [0, 0.05) is 31.1 Å². The van der Waals surface area contributed by atoms with E-state index in [1.54, 1.807) is 54.5 Å². The Kier molecular flexibility index (Phi) is 6.01. The fourth-order valence-corrected chi connectivity index (χ4v) is 6.30. The zero-order chi connectivity index (χ0) is 30.3. The third-order valence-electron chi connectivity index (χ3n) is 8.05. The molecule has 3 aromatic heterocycles. The topological polar surface area (TPSA) is 90.7 Å². The Bertz CT molecular complexity index is 1930. The first-order chi connectivity index (χ1) is 20.3. The summed E-state index contributed by atoms with van der Waals surface area (Å²) in [5, 5.41) is 4.39. The number of benzene rings is 2. The van der Waals surface area contributed by atoms with Crippen LogP contribution in [0.2, 0.25) is 0 Å². The molecule has 2 aromatic carbocycles. The fraction of sp³-hybridized carbons (Fsp3) is 0.375. The standard InChI is InChI=1S/C32H31F3N6O2/c1-17-38-22-7-9-25(27(33)29(22)39-17)42-24-8-6-21-28(26(24)20-12-30(2,3)43-31(20,4)5)40-23(14-36-21)19-13-37-41(16-19)15-18-10-32(34,35)11-18/h6-9,12-14,16,18H,10-11,15H2,1-5H3,(H,38,39). The summed E-state index contributed by atoms with van der Waals surface area (Å²) in [4.78, 5) is 17.0. The van der Waals surface area contributed by atoms with Crippen molar-refractivity contribution in [2.75, 3.05) is 0 Å². The number of hydrogen-bond acceptors (Lipinski definition) is 6. The Morgan fingerprint density at radius 2 is 1.79 bits per heavy atom. The third kappa shape index (κ3) is 4.95. The Hall–Kier alpha value is -4.25. The Balaban J connectivity index is 1.34. The maximum Gasteiger partial charge on any atom is 0.248 e. The summed E-state index contributed by atoms with van der Waals surface area (Å²) >= 11 is 0. The number of rotatable bonds is 6. The molecule has 1 aliphatic carbocycles. The van der Waals surface area contributed by atoms with Gasteiger partial charge in [-0.25, -0.2) is 23.1 Å². The fourth-order valence-electron chi connectivity index (χ4n) is 6.30. The monoisotopic (exact) mass is 588 g/mol. The van der Waals surface area contributed by atoms with E-state index in [0.717, 1.165) is 5.57 Å². The second kappa shape index (κ2) is 9.37. The van der Waals surface area contributed by atoms with Crippen molar-refractivity contribution in [2.45, 2.75) is 71.1 Å². The van der Waals surface area contributed by atoms with E-state index in [2.05, 4.69) is 20.1 Å². The number of H-pyrrole nitrogens is 1. The van der Waals surface area contributed by atoms with E-state index >= 15 is 4.39 Å². The van der Waals surface area contributed by atoms with Gasteiger partial charge in [-0.15, -0.1) is 0 Å². The van der Waals surface area contributed by atoms with E-state index in [-0.39, 0.29) is 30.0 Å². The molecule has 11 heteroatoms. The maximum absolute atomic E-state index is 15.6. The highest BCUT2D eigenvalue weighted by molar-refractivity contribution is 5.95. The highest BCUT2D eigenvalue weighted by atomic mass is 19.3. The number of halogens is 3. The van der Waals surface area contributed by atoms with Gasteiger partial charge in [-0.2, -0.15) is 5.10 Å². The predicted molar refractivity (Wildman–Crippen MR) is 157 cm³/mol. The number of imidazole rings is 1. The minimum absolute atomic E-state index is 0.0307. The molecule has 5 aromatic rings. The quantitative estimate of drug-likeness (QED) is 0.219. The van der Waals surface area contributed by atoms with Crippen molar-refractivity contribution in [3.05, 3.63) is 66.1 Å². The summed E-state index contributed by atoms with van der Waals surface area (Å²) in [7, 11) is 0. The van der Waals surface area contributed by atoms with Crippen LogP contribution in [0.4, 0.5) is 13.2 Å². The molecule has 0 amide bonds. The molecule has 0 bridgehead atoms. The predicted octanol–water partition coefficient (Wildman–Crippen LogP) is 7.63. The van der Waals surface area contributed by atoms with Crippen molar-refractivity contribution in [3.8, 4) is 22.8 Å². The van der Waals surface area contributed by atoms with Gasteiger partial charge >= 0.3 is 0 Å². The van der Waals surface area contributed by atoms with E-state index in [4.69, 9.17) is 14.5 Å². The molecule has 0 unspecified atom stereocenters. The first-order valence-electron chi connectivity index (χ1n) is 14.2. The molecule has 0 atom stereocenters. The lowest BCUT2D eigenvalue weighted by Crippen LogP contribution is -2.37. The van der Waals surface area contributed by atoms with Crippen LogP contribution in [-0.4, -0.2) is 46.8 Å². The largest absolute Gasteiger partial charge is 0.453 e. The van der Waals surface area contributed by atoms with Gasteiger partial charge in [0.25, 0.3) is 0 Å². The Morgan fingerprint density at radius 1 is 1.02 bits per heavy atom. The van der Waals surface area contributed by atoms with Crippen molar-refractivity contribution < 1.29 is 22.6 Å². The lowest BCUT2D eigenvalue weighted by molar-refractivity contribution is -0.114. The van der Waals surface area contributed by atoms with Crippen LogP contribution in [0.25, 0.3) is 38.9 Å². The molecule has 0 radical (unpaired) electrons. The van der Waals surface area contributed by atoms with Crippen LogP contribution in [0.5, 0.6) is 11.5 Å². The maximum atomic E-state index is 15.6. The van der Waals surface area contributed by atoms with Crippen LogP contribution in [0, 0.1) is 18.7 Å². The summed E-state index contributed by atoms with van der Waals surface area (Å²) in [6, 6.07) is 6.86. The highest BCUT2D eigenvalue weighted by Gasteiger charge is 2.45. The van der Waals surface area contributed by atoms with Gasteiger partial charge in [-0.05, 0) is 76.5 Å². The first kappa shape index (κ1) is 27.6. The van der Waals surface area contributed by atoms with Gasteiger partial charge in [-0.1, -0.05) is 0 Å². The summed E-state index contributed by atoms with van der Waals surface area (Å²) in [5.74, 6) is -2.23. The number of ether oxygens (including phenoxy) is 2. The van der Waals surface area contributed by atoms with E-state index in [0.29, 0.717) is 51.5 Å². The number of hydrogen-bond donors (Lipinski definition) is 1. The first-order valence-corrected chi connectivity index (χ1v) is 14.2. The molecule has 7 rings (SSSR count). The molecule has 1 saturated carbocycles. The van der Waals surface area contributed by atoms with Gasteiger partial charge in [0.15, 0.2) is 11.6 Å². The van der Waals surface area contributed by atoms with Gasteiger partial charge < -0.3 is 14.5 Å². The van der Waals surface area contributed by atoms with Gasteiger partial charge in [0.1, 0.15) is 22.6 Å². The van der Waals surface area contributed by atoms with E-state index in [1.807, 2.05) is 33.8 Å². The molecule has 0 spiro atoms. The lowest BCUT2D eigenvalue weighted by atomic mass is 9.81. The number of alkyl halides is 2. The van der Waals surface area contributed by atoms with Crippen LogP contribution in [0.1, 0.15) is 51.9 Å². The molecular weight excluding hydrogens is 557 g/mol. The number of aromatic amines is 1. The molecule has 2 aliphatic rings. The number of fused-ring (bicyclic) bond motifs is 2. The SMILES string of the molecule is Cc1nc2c(F)c(Oc3ccc4ncc(-c5cnn(CC6CC(F)(F)C6)c5)nc4c3C3=CC(C)(C)OC3(C)C)ccc2[nH]1. The minimum atomic E-state index is -2.58. The number of aromatic nitrogens is 6. The Labute approximate surface area is 246 Å². The number of nitrogens with zero attached hydrogens (tertiary/aromatic N) is 5. The number of nitrogens with one attached hydrogen (secondary N) is 1. The van der Waals surface area contributed by atoms with E-state index in [9.17, 15) is 8.78 Å². The van der Waals surface area contributed by atoms with Crippen molar-refractivity contribution in [1.29, 1.82) is 0 Å². The average molecular weight is 589 g/mol. The second-order valence-corrected chi connectivity index (χ2v) is 12.6. The molecule has 0 saturated heterocycles. The molecular formula is C32H31F3N6O2. The van der Waals surface area contributed by atoms with Crippen molar-refractivity contribution >= 4 is 27.6 Å². The van der Waals surface area contributed by atoms with Crippen molar-refractivity contribution in [1.82, 2.24) is 29.7 Å². The van der Waals surface area contributed by atoms with E-state index in [1.165, 1.54) is 0 Å².